The zero-order valence-corrected chi connectivity index (χ0v) is 19.1. The van der Waals surface area contributed by atoms with Crippen LogP contribution in [0.25, 0.3) is 0 Å². The summed E-state index contributed by atoms with van der Waals surface area (Å²) in [5, 5.41) is 0. The van der Waals surface area contributed by atoms with Gasteiger partial charge in [0, 0.05) is 13.1 Å². The number of hydrogen-bond donors (Lipinski definition) is 0. The standard InChI is InChI=1S/C26H35NO3/c1-6-8-21-16-24(12-11-20(21)7-2)29-18-19-9-10-23-17-27(14-13-22(23)15-19)25(28)30-26(3,4)5/h9-12,15-16H,6-8,13-14,17-18H2,1-5H3. The molecule has 0 saturated heterocycles. The van der Waals surface area contributed by atoms with Gasteiger partial charge in [0.25, 0.3) is 0 Å². The molecule has 2 aromatic carbocycles. The Kier molecular flexibility index (Phi) is 7.06. The van der Waals surface area contributed by atoms with Gasteiger partial charge in [0.2, 0.25) is 0 Å². The van der Waals surface area contributed by atoms with Gasteiger partial charge in [-0.2, -0.15) is 0 Å². The van der Waals surface area contributed by atoms with Crippen LogP contribution in [0.3, 0.4) is 0 Å². The van der Waals surface area contributed by atoms with Crippen LogP contribution in [0.5, 0.6) is 5.75 Å². The van der Waals surface area contributed by atoms with Gasteiger partial charge in [-0.05, 0) is 80.0 Å². The molecule has 1 aliphatic heterocycles. The molecule has 3 rings (SSSR count). The Balaban J connectivity index is 1.63. The Morgan fingerprint density at radius 2 is 1.83 bits per heavy atom. The van der Waals surface area contributed by atoms with Crippen LogP contribution in [0.15, 0.2) is 36.4 Å². The van der Waals surface area contributed by atoms with Crippen molar-refractivity contribution in [3.05, 3.63) is 64.2 Å². The Bertz CT molecular complexity index is 882. The van der Waals surface area contributed by atoms with Crippen molar-refractivity contribution in [2.75, 3.05) is 6.54 Å². The molecule has 0 bridgehead atoms. The summed E-state index contributed by atoms with van der Waals surface area (Å²) in [6, 6.07) is 12.9. The zero-order chi connectivity index (χ0) is 21.7. The topological polar surface area (TPSA) is 38.8 Å². The second kappa shape index (κ2) is 9.55. The molecule has 162 valence electrons. The SMILES string of the molecule is CCCc1cc(OCc2ccc3c(c2)CCN(C(=O)OC(C)(C)C)C3)ccc1CC. The minimum atomic E-state index is -0.467. The Morgan fingerprint density at radius 3 is 2.53 bits per heavy atom. The fourth-order valence-electron chi connectivity index (χ4n) is 3.88. The minimum Gasteiger partial charge on any atom is -0.489 e. The highest BCUT2D eigenvalue weighted by molar-refractivity contribution is 5.68. The molecule has 0 aliphatic carbocycles. The molecule has 0 unspecified atom stereocenters. The molecule has 2 aromatic rings. The molecular formula is C26H35NO3. The molecule has 0 fully saturated rings. The lowest BCUT2D eigenvalue weighted by Crippen LogP contribution is -2.39. The number of carbonyl (C=O) groups excluding carboxylic acids is 1. The van der Waals surface area contributed by atoms with Crippen LogP contribution in [-0.4, -0.2) is 23.1 Å². The first-order valence-electron chi connectivity index (χ1n) is 11.1. The lowest BCUT2D eigenvalue weighted by atomic mass is 9.97. The maximum Gasteiger partial charge on any atom is 0.410 e. The van der Waals surface area contributed by atoms with Gasteiger partial charge < -0.3 is 14.4 Å². The van der Waals surface area contributed by atoms with E-state index in [1.54, 1.807) is 4.90 Å². The van der Waals surface area contributed by atoms with Gasteiger partial charge >= 0.3 is 6.09 Å². The largest absolute Gasteiger partial charge is 0.489 e. The Labute approximate surface area is 181 Å². The summed E-state index contributed by atoms with van der Waals surface area (Å²) in [6.07, 6.45) is 3.89. The van der Waals surface area contributed by atoms with Crippen molar-refractivity contribution in [2.45, 2.75) is 79.1 Å². The van der Waals surface area contributed by atoms with Crippen LogP contribution in [0.2, 0.25) is 0 Å². The van der Waals surface area contributed by atoms with Gasteiger partial charge in [0.05, 0.1) is 0 Å². The molecule has 0 radical (unpaired) electrons. The summed E-state index contributed by atoms with van der Waals surface area (Å²) in [5.41, 5.74) is 5.98. The van der Waals surface area contributed by atoms with Crippen LogP contribution in [0.4, 0.5) is 4.79 Å². The summed E-state index contributed by atoms with van der Waals surface area (Å²) < 4.78 is 11.6. The van der Waals surface area contributed by atoms with Gasteiger partial charge in [-0.1, -0.05) is 44.5 Å². The number of aryl methyl sites for hydroxylation is 2. The summed E-state index contributed by atoms with van der Waals surface area (Å²) in [7, 11) is 0. The first kappa shape index (κ1) is 22.2. The molecule has 0 N–H and O–H groups in total. The van der Waals surface area contributed by atoms with E-state index in [4.69, 9.17) is 9.47 Å². The van der Waals surface area contributed by atoms with Gasteiger partial charge in [0.15, 0.2) is 0 Å². The molecule has 1 amide bonds. The van der Waals surface area contributed by atoms with Crippen molar-refractivity contribution < 1.29 is 14.3 Å². The lowest BCUT2D eigenvalue weighted by Gasteiger charge is -2.31. The lowest BCUT2D eigenvalue weighted by molar-refractivity contribution is 0.0224. The molecule has 30 heavy (non-hydrogen) atoms. The maximum absolute atomic E-state index is 12.4. The molecule has 0 saturated carbocycles. The van der Waals surface area contributed by atoms with Crippen LogP contribution in [0.1, 0.15) is 68.9 Å². The number of amides is 1. The average molecular weight is 410 g/mol. The number of ether oxygens (including phenoxy) is 2. The average Bonchev–Trinajstić information content (AvgIpc) is 2.71. The van der Waals surface area contributed by atoms with E-state index in [0.29, 0.717) is 19.7 Å². The first-order chi connectivity index (χ1) is 14.3. The first-order valence-corrected chi connectivity index (χ1v) is 11.1. The smallest absolute Gasteiger partial charge is 0.410 e. The van der Waals surface area contributed by atoms with E-state index in [2.05, 4.69) is 50.2 Å². The van der Waals surface area contributed by atoms with Crippen molar-refractivity contribution in [1.29, 1.82) is 0 Å². The van der Waals surface area contributed by atoms with Crippen molar-refractivity contribution >= 4 is 6.09 Å². The fourth-order valence-corrected chi connectivity index (χ4v) is 3.88. The van der Waals surface area contributed by atoms with Crippen molar-refractivity contribution in [2.24, 2.45) is 0 Å². The number of carbonyl (C=O) groups is 1. The highest BCUT2D eigenvalue weighted by atomic mass is 16.6. The molecule has 4 heteroatoms. The third kappa shape index (κ3) is 5.78. The quantitative estimate of drug-likeness (QED) is 0.581. The van der Waals surface area contributed by atoms with Crippen LogP contribution in [0, 0.1) is 0 Å². The number of hydrogen-bond acceptors (Lipinski definition) is 3. The van der Waals surface area contributed by atoms with Gasteiger partial charge in [-0.25, -0.2) is 4.79 Å². The van der Waals surface area contributed by atoms with E-state index in [1.807, 2.05) is 20.8 Å². The van der Waals surface area contributed by atoms with Gasteiger partial charge in [-0.15, -0.1) is 0 Å². The van der Waals surface area contributed by atoms with E-state index < -0.39 is 5.60 Å². The molecular weight excluding hydrogens is 374 g/mol. The van der Waals surface area contributed by atoms with E-state index in [9.17, 15) is 4.79 Å². The van der Waals surface area contributed by atoms with Gasteiger partial charge in [-0.3, -0.25) is 0 Å². The highest BCUT2D eigenvalue weighted by Gasteiger charge is 2.25. The van der Waals surface area contributed by atoms with Crippen molar-refractivity contribution in [3.8, 4) is 5.75 Å². The highest BCUT2D eigenvalue weighted by Crippen LogP contribution is 2.24. The number of rotatable bonds is 6. The van der Waals surface area contributed by atoms with Crippen LogP contribution in [-0.2, 0) is 37.2 Å². The minimum absolute atomic E-state index is 0.237. The van der Waals surface area contributed by atoms with Crippen molar-refractivity contribution in [3.63, 3.8) is 0 Å². The number of nitrogens with zero attached hydrogens (tertiary/aromatic N) is 1. The fraction of sp³-hybridized carbons (Fsp3) is 0.500. The molecule has 0 atom stereocenters. The van der Waals surface area contributed by atoms with Crippen molar-refractivity contribution in [1.82, 2.24) is 4.90 Å². The summed E-state index contributed by atoms with van der Waals surface area (Å²) in [5.74, 6) is 0.935. The van der Waals surface area contributed by atoms with E-state index in [0.717, 1.165) is 37.0 Å². The maximum atomic E-state index is 12.4. The predicted octanol–water partition coefficient (Wildman–Crippen LogP) is 6.07. The third-order valence-corrected chi connectivity index (χ3v) is 5.42. The number of benzene rings is 2. The molecule has 0 aromatic heterocycles. The number of fused-ring (bicyclic) bond motifs is 1. The third-order valence-electron chi connectivity index (χ3n) is 5.42. The molecule has 0 spiro atoms. The van der Waals surface area contributed by atoms with Crippen LogP contribution < -0.4 is 4.74 Å². The monoisotopic (exact) mass is 409 g/mol. The molecule has 1 heterocycles. The summed E-state index contributed by atoms with van der Waals surface area (Å²) in [4.78, 5) is 14.1. The second-order valence-corrected chi connectivity index (χ2v) is 9.08. The predicted molar refractivity (Wildman–Crippen MR) is 121 cm³/mol. The zero-order valence-electron chi connectivity index (χ0n) is 19.1. The summed E-state index contributed by atoms with van der Waals surface area (Å²) in [6.45, 7) is 12.0. The Morgan fingerprint density at radius 1 is 1.03 bits per heavy atom. The normalized spacial score (nSPS) is 13.7. The summed E-state index contributed by atoms with van der Waals surface area (Å²) >= 11 is 0. The van der Waals surface area contributed by atoms with E-state index in [1.165, 1.54) is 22.3 Å². The van der Waals surface area contributed by atoms with Crippen LogP contribution >= 0.6 is 0 Å². The van der Waals surface area contributed by atoms with E-state index in [-0.39, 0.29) is 6.09 Å². The second-order valence-electron chi connectivity index (χ2n) is 9.08. The van der Waals surface area contributed by atoms with Gasteiger partial charge in [0.1, 0.15) is 18.0 Å². The van der Waals surface area contributed by atoms with E-state index >= 15 is 0 Å². The Hall–Kier alpha value is -2.49. The molecule has 4 nitrogen and oxygen atoms in total. The molecule has 1 aliphatic rings.